The lowest BCUT2D eigenvalue weighted by atomic mass is 10.1. The zero-order valence-corrected chi connectivity index (χ0v) is 15.5. The molecule has 0 unspecified atom stereocenters. The average Bonchev–Trinajstić information content (AvgIpc) is 2.61. The summed E-state index contributed by atoms with van der Waals surface area (Å²) in [5.74, 6) is 1.45. The van der Waals surface area contributed by atoms with Gasteiger partial charge in [0.25, 0.3) is 5.91 Å². The van der Waals surface area contributed by atoms with Gasteiger partial charge in [-0.2, -0.15) is 0 Å². The first-order chi connectivity index (χ1) is 12.0. The number of carbonyl (C=O) groups excluding carboxylic acids is 1. The molecule has 0 aliphatic rings. The SMILES string of the molecule is CC[C@H](Oc1ccc(C)cc1)C(=O)NCCOc1cccc(C)c1C. The molecule has 4 nitrogen and oxygen atoms in total. The fourth-order valence-electron chi connectivity index (χ4n) is 2.43. The maximum absolute atomic E-state index is 12.3. The largest absolute Gasteiger partial charge is 0.491 e. The number of rotatable bonds is 8. The molecule has 1 atom stereocenters. The summed E-state index contributed by atoms with van der Waals surface area (Å²) in [6.45, 7) is 8.91. The van der Waals surface area contributed by atoms with E-state index in [2.05, 4.69) is 18.3 Å². The monoisotopic (exact) mass is 341 g/mol. The van der Waals surface area contributed by atoms with Crippen LogP contribution < -0.4 is 14.8 Å². The van der Waals surface area contributed by atoms with E-state index >= 15 is 0 Å². The second-order valence-corrected chi connectivity index (χ2v) is 6.17. The van der Waals surface area contributed by atoms with Crippen molar-refractivity contribution in [2.45, 2.75) is 40.2 Å². The Bertz CT molecular complexity index is 695. The summed E-state index contributed by atoms with van der Waals surface area (Å²) >= 11 is 0. The molecule has 0 saturated carbocycles. The molecular formula is C21H27NO3. The normalized spacial score (nSPS) is 11.7. The van der Waals surface area contributed by atoms with Gasteiger partial charge in [-0.05, 0) is 56.5 Å². The highest BCUT2D eigenvalue weighted by atomic mass is 16.5. The van der Waals surface area contributed by atoms with Gasteiger partial charge in [0.05, 0.1) is 6.54 Å². The fourth-order valence-corrected chi connectivity index (χ4v) is 2.43. The number of nitrogens with one attached hydrogen (secondary N) is 1. The molecule has 0 bridgehead atoms. The molecule has 2 rings (SSSR count). The smallest absolute Gasteiger partial charge is 0.261 e. The Balaban J connectivity index is 1.79. The lowest BCUT2D eigenvalue weighted by molar-refractivity contribution is -0.128. The van der Waals surface area contributed by atoms with Crippen molar-refractivity contribution < 1.29 is 14.3 Å². The van der Waals surface area contributed by atoms with Gasteiger partial charge < -0.3 is 14.8 Å². The zero-order valence-electron chi connectivity index (χ0n) is 15.5. The van der Waals surface area contributed by atoms with E-state index in [4.69, 9.17) is 9.47 Å². The van der Waals surface area contributed by atoms with Crippen molar-refractivity contribution in [1.29, 1.82) is 0 Å². The lowest BCUT2D eigenvalue weighted by Gasteiger charge is -2.18. The van der Waals surface area contributed by atoms with Crippen LogP contribution in [0.1, 0.15) is 30.0 Å². The summed E-state index contributed by atoms with van der Waals surface area (Å²) in [5, 5.41) is 2.88. The number of hydrogen-bond acceptors (Lipinski definition) is 3. The van der Waals surface area contributed by atoms with Gasteiger partial charge in [-0.25, -0.2) is 0 Å². The molecule has 2 aromatic carbocycles. The van der Waals surface area contributed by atoms with E-state index in [1.165, 1.54) is 5.56 Å². The van der Waals surface area contributed by atoms with Gasteiger partial charge in [-0.3, -0.25) is 4.79 Å². The highest BCUT2D eigenvalue weighted by Gasteiger charge is 2.17. The van der Waals surface area contributed by atoms with Crippen LogP contribution in [-0.4, -0.2) is 25.2 Å². The lowest BCUT2D eigenvalue weighted by Crippen LogP contribution is -2.39. The summed E-state index contributed by atoms with van der Waals surface area (Å²) in [5.41, 5.74) is 3.48. The van der Waals surface area contributed by atoms with Crippen LogP contribution >= 0.6 is 0 Å². The quantitative estimate of drug-likeness (QED) is 0.739. The van der Waals surface area contributed by atoms with E-state index in [9.17, 15) is 4.79 Å². The van der Waals surface area contributed by atoms with Crippen molar-refractivity contribution in [3.8, 4) is 11.5 Å². The summed E-state index contributed by atoms with van der Waals surface area (Å²) in [6, 6.07) is 13.7. The van der Waals surface area contributed by atoms with Crippen molar-refractivity contribution in [2.75, 3.05) is 13.2 Å². The number of aryl methyl sites for hydroxylation is 2. The molecule has 0 radical (unpaired) electrons. The van der Waals surface area contributed by atoms with Gasteiger partial charge in [0.1, 0.15) is 18.1 Å². The van der Waals surface area contributed by atoms with Crippen LogP contribution in [0.3, 0.4) is 0 Å². The van der Waals surface area contributed by atoms with Crippen LogP contribution in [0.15, 0.2) is 42.5 Å². The topological polar surface area (TPSA) is 47.6 Å². The number of benzene rings is 2. The maximum atomic E-state index is 12.3. The van der Waals surface area contributed by atoms with Crippen molar-refractivity contribution in [3.05, 3.63) is 59.2 Å². The summed E-state index contributed by atoms with van der Waals surface area (Å²) < 4.78 is 11.5. The Kier molecular flexibility index (Phi) is 6.87. The van der Waals surface area contributed by atoms with Crippen molar-refractivity contribution >= 4 is 5.91 Å². The molecule has 1 N–H and O–H groups in total. The molecule has 0 saturated heterocycles. The number of amides is 1. The Morgan fingerprint density at radius 3 is 2.48 bits per heavy atom. The van der Waals surface area contributed by atoms with E-state index in [0.717, 1.165) is 16.9 Å². The maximum Gasteiger partial charge on any atom is 0.261 e. The third kappa shape index (κ3) is 5.52. The predicted octanol–water partition coefficient (Wildman–Crippen LogP) is 3.96. The Morgan fingerprint density at radius 2 is 1.80 bits per heavy atom. The van der Waals surface area contributed by atoms with Crippen LogP contribution in [0.4, 0.5) is 0 Å². The van der Waals surface area contributed by atoms with Crippen LogP contribution in [-0.2, 0) is 4.79 Å². The van der Waals surface area contributed by atoms with Crippen molar-refractivity contribution in [3.63, 3.8) is 0 Å². The van der Waals surface area contributed by atoms with E-state index in [-0.39, 0.29) is 5.91 Å². The molecule has 1 amide bonds. The predicted molar refractivity (Wildman–Crippen MR) is 100 cm³/mol. The zero-order chi connectivity index (χ0) is 18.2. The van der Waals surface area contributed by atoms with Gasteiger partial charge in [0.2, 0.25) is 0 Å². The van der Waals surface area contributed by atoms with Crippen LogP contribution in [0.5, 0.6) is 11.5 Å². The molecule has 0 spiro atoms. The molecular weight excluding hydrogens is 314 g/mol. The molecule has 2 aromatic rings. The first-order valence-electron chi connectivity index (χ1n) is 8.71. The van der Waals surface area contributed by atoms with E-state index in [1.54, 1.807) is 0 Å². The molecule has 25 heavy (non-hydrogen) atoms. The Hall–Kier alpha value is -2.49. The van der Waals surface area contributed by atoms with Crippen molar-refractivity contribution in [1.82, 2.24) is 5.32 Å². The fraction of sp³-hybridized carbons (Fsp3) is 0.381. The van der Waals surface area contributed by atoms with Gasteiger partial charge in [0, 0.05) is 0 Å². The van der Waals surface area contributed by atoms with Gasteiger partial charge in [-0.1, -0.05) is 36.8 Å². The van der Waals surface area contributed by atoms with E-state index < -0.39 is 6.10 Å². The number of hydrogen-bond donors (Lipinski definition) is 1. The van der Waals surface area contributed by atoms with Crippen LogP contribution in [0.25, 0.3) is 0 Å². The van der Waals surface area contributed by atoms with E-state index in [1.807, 2.05) is 57.2 Å². The minimum Gasteiger partial charge on any atom is -0.491 e. The molecule has 4 heteroatoms. The summed E-state index contributed by atoms with van der Waals surface area (Å²) in [4.78, 5) is 12.3. The Labute approximate surface area is 150 Å². The molecule has 0 aliphatic heterocycles. The summed E-state index contributed by atoms with van der Waals surface area (Å²) in [7, 11) is 0. The minimum absolute atomic E-state index is 0.118. The minimum atomic E-state index is -0.497. The van der Waals surface area contributed by atoms with Crippen LogP contribution in [0.2, 0.25) is 0 Å². The Morgan fingerprint density at radius 1 is 1.08 bits per heavy atom. The molecule has 0 heterocycles. The molecule has 0 aliphatic carbocycles. The first kappa shape index (κ1) is 18.8. The van der Waals surface area contributed by atoms with Gasteiger partial charge in [0.15, 0.2) is 6.10 Å². The number of carbonyl (C=O) groups is 1. The van der Waals surface area contributed by atoms with Crippen molar-refractivity contribution in [2.24, 2.45) is 0 Å². The highest BCUT2D eigenvalue weighted by molar-refractivity contribution is 5.81. The second kappa shape index (κ2) is 9.11. The molecule has 0 fully saturated rings. The third-order valence-electron chi connectivity index (χ3n) is 4.18. The number of ether oxygens (including phenoxy) is 2. The second-order valence-electron chi connectivity index (χ2n) is 6.17. The standard InChI is InChI=1S/C21H27NO3/c1-5-19(25-18-11-9-15(2)10-12-18)21(23)22-13-14-24-20-8-6-7-16(3)17(20)4/h6-12,19H,5,13-14H2,1-4H3,(H,22,23)/t19-/m0/s1. The first-order valence-corrected chi connectivity index (χ1v) is 8.71. The third-order valence-corrected chi connectivity index (χ3v) is 4.18. The molecule has 0 aromatic heterocycles. The van der Waals surface area contributed by atoms with Gasteiger partial charge >= 0.3 is 0 Å². The molecule has 134 valence electrons. The summed E-state index contributed by atoms with van der Waals surface area (Å²) in [6.07, 6.45) is 0.112. The van der Waals surface area contributed by atoms with E-state index in [0.29, 0.717) is 25.3 Å². The van der Waals surface area contributed by atoms with Crippen LogP contribution in [0, 0.1) is 20.8 Å². The average molecular weight is 341 g/mol. The highest BCUT2D eigenvalue weighted by Crippen LogP contribution is 2.20. The van der Waals surface area contributed by atoms with Gasteiger partial charge in [-0.15, -0.1) is 0 Å².